The molecular formula is C17H20. The van der Waals surface area contributed by atoms with Gasteiger partial charge in [0.2, 0.25) is 0 Å². The minimum absolute atomic E-state index is 1.11. The number of hydrogen-bond donors (Lipinski definition) is 0. The summed E-state index contributed by atoms with van der Waals surface area (Å²) in [6, 6.07) is 15.7. The van der Waals surface area contributed by atoms with Crippen LogP contribution in [0.3, 0.4) is 0 Å². The van der Waals surface area contributed by atoms with Crippen LogP contribution in [0, 0.1) is 6.92 Å². The molecule has 0 aromatic heterocycles. The molecule has 2 aromatic carbocycles. The smallest absolute Gasteiger partial charge is 0.0181 e. The van der Waals surface area contributed by atoms with Crippen LogP contribution in [0.2, 0.25) is 0 Å². The maximum absolute atomic E-state index is 2.29. The van der Waals surface area contributed by atoms with Gasteiger partial charge in [0.05, 0.1) is 0 Å². The zero-order valence-electron chi connectivity index (χ0n) is 11.0. The molecule has 0 radical (unpaired) electrons. The number of aryl methyl sites for hydroxylation is 3. The second-order valence-corrected chi connectivity index (χ2v) is 4.55. The first-order chi connectivity index (χ1) is 8.24. The van der Waals surface area contributed by atoms with Crippen molar-refractivity contribution in [1.82, 2.24) is 0 Å². The summed E-state index contributed by atoms with van der Waals surface area (Å²) in [6.07, 6.45) is 2.22. The highest BCUT2D eigenvalue weighted by molar-refractivity contribution is 5.65. The molecule has 0 heteroatoms. The van der Waals surface area contributed by atoms with Crippen LogP contribution in [0.25, 0.3) is 11.1 Å². The molecule has 0 amide bonds. The van der Waals surface area contributed by atoms with Crippen molar-refractivity contribution in [2.24, 2.45) is 0 Å². The van der Waals surface area contributed by atoms with E-state index in [0.29, 0.717) is 0 Å². The third kappa shape index (κ3) is 2.58. The molecule has 0 saturated heterocycles. The highest BCUT2D eigenvalue weighted by Crippen LogP contribution is 2.23. The minimum atomic E-state index is 1.11. The number of hydrogen-bond acceptors (Lipinski definition) is 0. The lowest BCUT2D eigenvalue weighted by molar-refractivity contribution is 1.11. The van der Waals surface area contributed by atoms with Gasteiger partial charge in [0.15, 0.2) is 0 Å². The van der Waals surface area contributed by atoms with Crippen molar-refractivity contribution < 1.29 is 0 Å². The SMILES string of the molecule is CCc1ccc(-c2ccc(CC)c(C)c2)cc1. The fourth-order valence-electron chi connectivity index (χ4n) is 2.21. The van der Waals surface area contributed by atoms with E-state index in [9.17, 15) is 0 Å². The van der Waals surface area contributed by atoms with Crippen LogP contribution in [0.4, 0.5) is 0 Å². The molecule has 0 aliphatic rings. The molecule has 2 aromatic rings. The van der Waals surface area contributed by atoms with E-state index in [1.807, 2.05) is 0 Å². The van der Waals surface area contributed by atoms with Crippen LogP contribution in [-0.2, 0) is 12.8 Å². The van der Waals surface area contributed by atoms with Gasteiger partial charge in [0.1, 0.15) is 0 Å². The molecule has 0 saturated carbocycles. The predicted octanol–water partition coefficient (Wildman–Crippen LogP) is 4.79. The van der Waals surface area contributed by atoms with Gasteiger partial charge in [0, 0.05) is 0 Å². The average Bonchev–Trinajstić information content (AvgIpc) is 2.39. The Balaban J connectivity index is 2.35. The van der Waals surface area contributed by atoms with Gasteiger partial charge in [-0.05, 0) is 47.6 Å². The molecule has 0 heterocycles. The van der Waals surface area contributed by atoms with Gasteiger partial charge in [-0.1, -0.05) is 56.3 Å². The molecule has 0 N–H and O–H groups in total. The lowest BCUT2D eigenvalue weighted by Crippen LogP contribution is -1.88. The molecule has 88 valence electrons. The Hall–Kier alpha value is -1.56. The van der Waals surface area contributed by atoms with Crippen LogP contribution in [0.1, 0.15) is 30.5 Å². The van der Waals surface area contributed by atoms with E-state index in [1.54, 1.807) is 0 Å². The first-order valence-electron chi connectivity index (χ1n) is 6.43. The Morgan fingerprint density at radius 2 is 1.41 bits per heavy atom. The Morgan fingerprint density at radius 3 is 1.94 bits per heavy atom. The number of rotatable bonds is 3. The average molecular weight is 224 g/mol. The van der Waals surface area contributed by atoms with Crippen molar-refractivity contribution in [1.29, 1.82) is 0 Å². The Labute approximate surface area is 104 Å². The van der Waals surface area contributed by atoms with E-state index in [-0.39, 0.29) is 0 Å². The largest absolute Gasteiger partial charge is 0.0613 e. The van der Waals surface area contributed by atoms with Gasteiger partial charge in [-0.15, -0.1) is 0 Å². The second kappa shape index (κ2) is 5.18. The zero-order valence-corrected chi connectivity index (χ0v) is 11.0. The van der Waals surface area contributed by atoms with Crippen LogP contribution in [0.5, 0.6) is 0 Å². The minimum Gasteiger partial charge on any atom is -0.0613 e. The summed E-state index contributed by atoms with van der Waals surface area (Å²) < 4.78 is 0. The normalized spacial score (nSPS) is 10.5. The van der Waals surface area contributed by atoms with E-state index >= 15 is 0 Å². The Bertz CT molecular complexity index is 492. The summed E-state index contributed by atoms with van der Waals surface area (Å²) in [5.41, 5.74) is 6.87. The fourth-order valence-corrected chi connectivity index (χ4v) is 2.21. The van der Waals surface area contributed by atoms with Crippen LogP contribution < -0.4 is 0 Å². The standard InChI is InChI=1S/C17H20/c1-4-14-6-8-16(9-7-14)17-11-10-15(5-2)13(3)12-17/h6-12H,4-5H2,1-3H3. The van der Waals surface area contributed by atoms with Gasteiger partial charge in [-0.25, -0.2) is 0 Å². The Kier molecular flexibility index (Phi) is 3.63. The summed E-state index contributed by atoms with van der Waals surface area (Å²) in [6.45, 7) is 6.59. The molecule has 2 rings (SSSR count). The van der Waals surface area contributed by atoms with Crippen molar-refractivity contribution >= 4 is 0 Å². The molecule has 0 atom stereocenters. The highest BCUT2D eigenvalue weighted by Gasteiger charge is 2.01. The maximum atomic E-state index is 2.29. The second-order valence-electron chi connectivity index (χ2n) is 4.55. The lowest BCUT2D eigenvalue weighted by Gasteiger charge is -2.07. The quantitative estimate of drug-likeness (QED) is 0.703. The molecule has 0 fully saturated rings. The van der Waals surface area contributed by atoms with Crippen molar-refractivity contribution in [3.05, 3.63) is 59.2 Å². The molecule has 0 unspecified atom stereocenters. The molecule has 17 heavy (non-hydrogen) atoms. The van der Waals surface area contributed by atoms with Gasteiger partial charge < -0.3 is 0 Å². The summed E-state index contributed by atoms with van der Waals surface area (Å²) in [4.78, 5) is 0. The third-order valence-corrected chi connectivity index (χ3v) is 3.42. The van der Waals surface area contributed by atoms with Gasteiger partial charge in [-0.2, -0.15) is 0 Å². The van der Waals surface area contributed by atoms with Crippen molar-refractivity contribution in [3.8, 4) is 11.1 Å². The third-order valence-electron chi connectivity index (χ3n) is 3.42. The van der Waals surface area contributed by atoms with Gasteiger partial charge in [-0.3, -0.25) is 0 Å². The molecule has 0 bridgehead atoms. The van der Waals surface area contributed by atoms with E-state index < -0.39 is 0 Å². The molecule has 0 nitrogen and oxygen atoms in total. The summed E-state index contributed by atoms with van der Waals surface area (Å²) in [5, 5.41) is 0. The molecule has 0 aliphatic carbocycles. The van der Waals surface area contributed by atoms with E-state index in [0.717, 1.165) is 12.8 Å². The molecule has 0 aliphatic heterocycles. The lowest BCUT2D eigenvalue weighted by atomic mass is 9.98. The fraction of sp³-hybridized carbons (Fsp3) is 0.294. The van der Waals surface area contributed by atoms with Gasteiger partial charge >= 0.3 is 0 Å². The monoisotopic (exact) mass is 224 g/mol. The first-order valence-corrected chi connectivity index (χ1v) is 6.43. The van der Waals surface area contributed by atoms with Crippen LogP contribution in [0.15, 0.2) is 42.5 Å². The van der Waals surface area contributed by atoms with E-state index in [1.165, 1.54) is 27.8 Å². The highest BCUT2D eigenvalue weighted by atomic mass is 14.1. The summed E-state index contributed by atoms with van der Waals surface area (Å²) in [7, 11) is 0. The van der Waals surface area contributed by atoms with Crippen LogP contribution in [-0.4, -0.2) is 0 Å². The predicted molar refractivity (Wildman–Crippen MR) is 75.4 cm³/mol. The summed E-state index contributed by atoms with van der Waals surface area (Å²) >= 11 is 0. The first kappa shape index (κ1) is 11.9. The van der Waals surface area contributed by atoms with Crippen molar-refractivity contribution in [3.63, 3.8) is 0 Å². The summed E-state index contributed by atoms with van der Waals surface area (Å²) in [5.74, 6) is 0. The molecule has 0 spiro atoms. The topological polar surface area (TPSA) is 0 Å². The van der Waals surface area contributed by atoms with Crippen molar-refractivity contribution in [2.75, 3.05) is 0 Å². The molecular weight excluding hydrogens is 204 g/mol. The van der Waals surface area contributed by atoms with Crippen molar-refractivity contribution in [2.45, 2.75) is 33.6 Å². The van der Waals surface area contributed by atoms with E-state index in [4.69, 9.17) is 0 Å². The maximum Gasteiger partial charge on any atom is -0.0181 e. The van der Waals surface area contributed by atoms with E-state index in [2.05, 4.69) is 63.2 Å². The Morgan fingerprint density at radius 1 is 0.765 bits per heavy atom. The zero-order chi connectivity index (χ0) is 12.3. The number of benzene rings is 2. The van der Waals surface area contributed by atoms with Gasteiger partial charge in [0.25, 0.3) is 0 Å². The van der Waals surface area contributed by atoms with Crippen LogP contribution >= 0.6 is 0 Å².